The molecule has 0 aliphatic carbocycles. The van der Waals surface area contributed by atoms with Gasteiger partial charge in [0.05, 0.1) is 12.1 Å². The Morgan fingerprint density at radius 3 is 3.00 bits per heavy atom. The minimum absolute atomic E-state index is 0.0716. The number of hydrogen-bond donors (Lipinski definition) is 2. The van der Waals surface area contributed by atoms with Crippen LogP contribution in [0.2, 0.25) is 0 Å². The molecule has 1 aromatic carbocycles. The number of nitrogens with one attached hydrogen (secondary N) is 2. The fraction of sp³-hybridized carbons (Fsp3) is 0.167. The Kier molecular flexibility index (Phi) is 3.48. The van der Waals surface area contributed by atoms with Crippen molar-refractivity contribution >= 4 is 0 Å². The molecule has 0 spiro atoms. The standard InChI is InChI=1S/C12H11FN4/c13-11-2-1-9(5-10(11)6-14)7-15-8-12-16-3-4-17-12/h1-5,15H,7-8H2,(H,16,17). The predicted molar refractivity (Wildman–Crippen MR) is 60.2 cm³/mol. The van der Waals surface area contributed by atoms with E-state index in [9.17, 15) is 4.39 Å². The zero-order valence-electron chi connectivity index (χ0n) is 9.07. The van der Waals surface area contributed by atoms with Crippen LogP contribution in [0.15, 0.2) is 30.6 Å². The summed E-state index contributed by atoms with van der Waals surface area (Å²) in [6.07, 6.45) is 3.44. The molecule has 2 rings (SSSR count). The lowest BCUT2D eigenvalue weighted by Crippen LogP contribution is -2.13. The summed E-state index contributed by atoms with van der Waals surface area (Å²) in [6.45, 7) is 1.17. The lowest BCUT2D eigenvalue weighted by molar-refractivity contribution is 0.620. The Morgan fingerprint density at radius 1 is 1.41 bits per heavy atom. The van der Waals surface area contributed by atoms with Gasteiger partial charge in [0.2, 0.25) is 0 Å². The molecule has 4 nitrogen and oxygen atoms in total. The lowest BCUT2D eigenvalue weighted by atomic mass is 10.1. The Morgan fingerprint density at radius 2 is 2.29 bits per heavy atom. The maximum Gasteiger partial charge on any atom is 0.140 e. The minimum atomic E-state index is -0.484. The molecule has 86 valence electrons. The summed E-state index contributed by atoms with van der Waals surface area (Å²) in [4.78, 5) is 7.03. The third-order valence-electron chi connectivity index (χ3n) is 2.33. The monoisotopic (exact) mass is 230 g/mol. The second kappa shape index (κ2) is 5.23. The first-order chi connectivity index (χ1) is 8.29. The SMILES string of the molecule is N#Cc1cc(CNCc2ncc[nH]2)ccc1F. The molecule has 0 saturated carbocycles. The van der Waals surface area contributed by atoms with Crippen LogP contribution < -0.4 is 5.32 Å². The van der Waals surface area contributed by atoms with E-state index >= 15 is 0 Å². The molecule has 2 aromatic rings. The van der Waals surface area contributed by atoms with E-state index in [0.29, 0.717) is 13.1 Å². The first kappa shape index (κ1) is 11.3. The third kappa shape index (κ3) is 2.89. The average molecular weight is 230 g/mol. The van der Waals surface area contributed by atoms with E-state index in [1.54, 1.807) is 24.5 Å². The van der Waals surface area contributed by atoms with Crippen molar-refractivity contribution in [2.45, 2.75) is 13.1 Å². The van der Waals surface area contributed by atoms with Gasteiger partial charge in [-0.15, -0.1) is 0 Å². The molecule has 0 fully saturated rings. The molecule has 2 N–H and O–H groups in total. The number of nitriles is 1. The van der Waals surface area contributed by atoms with Crippen molar-refractivity contribution in [2.75, 3.05) is 0 Å². The van der Waals surface area contributed by atoms with Crippen LogP contribution in [0.1, 0.15) is 17.0 Å². The summed E-state index contributed by atoms with van der Waals surface area (Å²) in [5.41, 5.74) is 0.941. The van der Waals surface area contributed by atoms with E-state index in [0.717, 1.165) is 11.4 Å². The average Bonchev–Trinajstić information content (AvgIpc) is 2.84. The summed E-state index contributed by atoms with van der Waals surface area (Å²) in [7, 11) is 0. The molecular formula is C12H11FN4. The van der Waals surface area contributed by atoms with Crippen LogP contribution in [0.3, 0.4) is 0 Å². The maximum atomic E-state index is 13.1. The summed E-state index contributed by atoms with van der Waals surface area (Å²) in [5, 5.41) is 11.8. The first-order valence-corrected chi connectivity index (χ1v) is 5.17. The van der Waals surface area contributed by atoms with Gasteiger partial charge in [0, 0.05) is 18.9 Å². The lowest BCUT2D eigenvalue weighted by Gasteiger charge is -2.04. The highest BCUT2D eigenvalue weighted by atomic mass is 19.1. The van der Waals surface area contributed by atoms with Crippen molar-refractivity contribution in [3.63, 3.8) is 0 Å². The second-order valence-corrected chi connectivity index (χ2v) is 3.57. The molecule has 0 aliphatic heterocycles. The van der Waals surface area contributed by atoms with Crippen LogP contribution in [0.25, 0.3) is 0 Å². The van der Waals surface area contributed by atoms with Crippen molar-refractivity contribution in [1.29, 1.82) is 5.26 Å². The second-order valence-electron chi connectivity index (χ2n) is 3.57. The molecule has 0 unspecified atom stereocenters. The smallest absolute Gasteiger partial charge is 0.140 e. The van der Waals surface area contributed by atoms with Crippen LogP contribution in [0.4, 0.5) is 4.39 Å². The van der Waals surface area contributed by atoms with Gasteiger partial charge < -0.3 is 10.3 Å². The molecule has 0 amide bonds. The van der Waals surface area contributed by atoms with E-state index in [1.165, 1.54) is 6.07 Å². The number of imidazole rings is 1. The Balaban J connectivity index is 1.93. The number of benzene rings is 1. The van der Waals surface area contributed by atoms with Gasteiger partial charge in [0.25, 0.3) is 0 Å². The number of rotatable bonds is 4. The van der Waals surface area contributed by atoms with Gasteiger partial charge in [0.15, 0.2) is 0 Å². The van der Waals surface area contributed by atoms with E-state index in [2.05, 4.69) is 15.3 Å². The minimum Gasteiger partial charge on any atom is -0.348 e. The summed E-state index contributed by atoms with van der Waals surface area (Å²) < 4.78 is 13.1. The fourth-order valence-corrected chi connectivity index (χ4v) is 1.49. The number of halogens is 1. The molecule has 0 radical (unpaired) electrons. The normalized spacial score (nSPS) is 10.1. The van der Waals surface area contributed by atoms with Crippen molar-refractivity contribution in [3.8, 4) is 6.07 Å². The molecular weight excluding hydrogens is 219 g/mol. The predicted octanol–water partition coefficient (Wildman–Crippen LogP) is 1.71. The van der Waals surface area contributed by atoms with E-state index < -0.39 is 5.82 Å². The Hall–Kier alpha value is -2.19. The molecule has 0 saturated heterocycles. The molecule has 0 aliphatic rings. The van der Waals surface area contributed by atoms with Crippen molar-refractivity contribution in [3.05, 3.63) is 53.4 Å². The zero-order valence-corrected chi connectivity index (χ0v) is 9.07. The highest BCUT2D eigenvalue weighted by Crippen LogP contribution is 2.09. The number of hydrogen-bond acceptors (Lipinski definition) is 3. The Bertz CT molecular complexity index is 528. The van der Waals surface area contributed by atoms with Crippen LogP contribution in [-0.2, 0) is 13.1 Å². The van der Waals surface area contributed by atoms with Crippen LogP contribution >= 0.6 is 0 Å². The first-order valence-electron chi connectivity index (χ1n) is 5.17. The quantitative estimate of drug-likeness (QED) is 0.840. The molecule has 5 heteroatoms. The summed E-state index contributed by atoms with van der Waals surface area (Å²) >= 11 is 0. The number of aromatic nitrogens is 2. The number of nitrogens with zero attached hydrogens (tertiary/aromatic N) is 2. The van der Waals surface area contributed by atoms with Crippen LogP contribution in [0.5, 0.6) is 0 Å². The van der Waals surface area contributed by atoms with Crippen LogP contribution in [-0.4, -0.2) is 9.97 Å². The van der Waals surface area contributed by atoms with Crippen molar-refractivity contribution in [1.82, 2.24) is 15.3 Å². The van der Waals surface area contributed by atoms with Gasteiger partial charge >= 0.3 is 0 Å². The number of H-pyrrole nitrogens is 1. The maximum absolute atomic E-state index is 13.1. The van der Waals surface area contributed by atoms with Crippen molar-refractivity contribution < 1.29 is 4.39 Å². The van der Waals surface area contributed by atoms with E-state index in [1.807, 2.05) is 6.07 Å². The van der Waals surface area contributed by atoms with Gasteiger partial charge in [-0.2, -0.15) is 5.26 Å². The topological polar surface area (TPSA) is 64.5 Å². The zero-order chi connectivity index (χ0) is 12.1. The van der Waals surface area contributed by atoms with Gasteiger partial charge in [-0.05, 0) is 17.7 Å². The summed E-state index contributed by atoms with van der Waals surface area (Å²) in [6, 6.07) is 6.33. The van der Waals surface area contributed by atoms with E-state index in [4.69, 9.17) is 5.26 Å². The van der Waals surface area contributed by atoms with Gasteiger partial charge in [-0.25, -0.2) is 9.37 Å². The fourth-order valence-electron chi connectivity index (χ4n) is 1.49. The number of aromatic amines is 1. The highest BCUT2D eigenvalue weighted by Gasteiger charge is 2.02. The van der Waals surface area contributed by atoms with Gasteiger partial charge in [0.1, 0.15) is 17.7 Å². The molecule has 0 atom stereocenters. The van der Waals surface area contributed by atoms with Gasteiger partial charge in [-0.3, -0.25) is 0 Å². The third-order valence-corrected chi connectivity index (χ3v) is 2.33. The van der Waals surface area contributed by atoms with Gasteiger partial charge in [-0.1, -0.05) is 6.07 Å². The van der Waals surface area contributed by atoms with E-state index in [-0.39, 0.29) is 5.56 Å². The molecule has 0 bridgehead atoms. The molecule has 1 heterocycles. The molecule has 17 heavy (non-hydrogen) atoms. The van der Waals surface area contributed by atoms with Crippen LogP contribution in [0, 0.1) is 17.1 Å². The largest absolute Gasteiger partial charge is 0.348 e. The Labute approximate surface area is 98.1 Å². The van der Waals surface area contributed by atoms with Crippen molar-refractivity contribution in [2.24, 2.45) is 0 Å². The highest BCUT2D eigenvalue weighted by molar-refractivity contribution is 5.34. The molecule has 1 aromatic heterocycles. The summed E-state index contributed by atoms with van der Waals surface area (Å²) in [5.74, 6) is 0.356.